The van der Waals surface area contributed by atoms with Gasteiger partial charge in [0.2, 0.25) is 0 Å². The van der Waals surface area contributed by atoms with Crippen molar-refractivity contribution >= 4 is 15.9 Å². The predicted molar refractivity (Wildman–Crippen MR) is 69.8 cm³/mol. The Morgan fingerprint density at radius 2 is 2.41 bits per heavy atom. The summed E-state index contributed by atoms with van der Waals surface area (Å²) in [6.45, 7) is 3.08. The van der Waals surface area contributed by atoms with E-state index in [1.54, 1.807) is 12.5 Å². The molecular formula is C12H16BrN3O. The van der Waals surface area contributed by atoms with E-state index in [9.17, 15) is 0 Å². The summed E-state index contributed by atoms with van der Waals surface area (Å²) in [5.41, 5.74) is 1.08. The Morgan fingerprint density at radius 3 is 2.94 bits per heavy atom. The lowest BCUT2D eigenvalue weighted by Crippen LogP contribution is -2.25. The van der Waals surface area contributed by atoms with Crippen molar-refractivity contribution in [1.82, 2.24) is 15.1 Å². The van der Waals surface area contributed by atoms with Gasteiger partial charge in [0, 0.05) is 7.05 Å². The van der Waals surface area contributed by atoms with E-state index in [2.05, 4.69) is 33.3 Å². The van der Waals surface area contributed by atoms with E-state index in [1.807, 2.05) is 23.9 Å². The second-order valence-electron chi connectivity index (χ2n) is 3.90. The maximum atomic E-state index is 5.50. The van der Waals surface area contributed by atoms with Crippen LogP contribution < -0.4 is 5.32 Å². The van der Waals surface area contributed by atoms with Crippen molar-refractivity contribution < 1.29 is 4.42 Å². The molecule has 1 unspecified atom stereocenters. The normalized spacial score (nSPS) is 12.9. The van der Waals surface area contributed by atoms with E-state index in [1.165, 1.54) is 0 Å². The molecular weight excluding hydrogens is 282 g/mol. The van der Waals surface area contributed by atoms with Crippen LogP contribution in [-0.4, -0.2) is 16.3 Å². The third kappa shape index (κ3) is 2.61. The molecule has 5 heteroatoms. The average Bonchev–Trinajstić information content (AvgIpc) is 2.93. The summed E-state index contributed by atoms with van der Waals surface area (Å²) in [4.78, 5) is 0. The summed E-state index contributed by atoms with van der Waals surface area (Å²) >= 11 is 3.53. The van der Waals surface area contributed by atoms with Crippen LogP contribution in [0, 0.1) is 0 Å². The molecule has 0 aromatic carbocycles. The Hall–Kier alpha value is -1.07. The van der Waals surface area contributed by atoms with Crippen molar-refractivity contribution in [2.24, 2.45) is 7.05 Å². The number of nitrogens with one attached hydrogen (secondary N) is 1. The zero-order valence-electron chi connectivity index (χ0n) is 9.98. The molecule has 1 N–H and O–H groups in total. The van der Waals surface area contributed by atoms with Gasteiger partial charge in [0.1, 0.15) is 11.8 Å². The Labute approximate surface area is 109 Å². The molecule has 0 aliphatic carbocycles. The van der Waals surface area contributed by atoms with Crippen LogP contribution in [0.15, 0.2) is 33.5 Å². The Kier molecular flexibility index (Phi) is 4.02. The van der Waals surface area contributed by atoms with E-state index < -0.39 is 0 Å². The topological polar surface area (TPSA) is 43.0 Å². The van der Waals surface area contributed by atoms with Crippen LogP contribution >= 0.6 is 15.9 Å². The molecule has 2 aromatic heterocycles. The molecule has 0 saturated heterocycles. The molecule has 0 spiro atoms. The van der Waals surface area contributed by atoms with Gasteiger partial charge in [0.05, 0.1) is 22.6 Å². The summed E-state index contributed by atoms with van der Waals surface area (Å²) in [7, 11) is 1.93. The van der Waals surface area contributed by atoms with Crippen molar-refractivity contribution in [3.05, 3.63) is 40.5 Å². The van der Waals surface area contributed by atoms with E-state index in [4.69, 9.17) is 4.42 Å². The first kappa shape index (κ1) is 12.4. The van der Waals surface area contributed by atoms with Crippen LogP contribution in [0.3, 0.4) is 0 Å². The first-order valence-electron chi connectivity index (χ1n) is 5.68. The molecule has 92 valence electrons. The van der Waals surface area contributed by atoms with Gasteiger partial charge in [0.15, 0.2) is 0 Å². The summed E-state index contributed by atoms with van der Waals surface area (Å²) in [5.74, 6) is 0.905. The fraction of sp³-hybridized carbons (Fsp3) is 0.417. The molecule has 2 heterocycles. The molecule has 0 bridgehead atoms. The van der Waals surface area contributed by atoms with Gasteiger partial charge in [-0.1, -0.05) is 6.92 Å². The molecule has 0 radical (unpaired) electrons. The lowest BCUT2D eigenvalue weighted by atomic mass is 10.1. The van der Waals surface area contributed by atoms with Gasteiger partial charge in [-0.05, 0) is 41.0 Å². The van der Waals surface area contributed by atoms with Crippen molar-refractivity contribution in [2.45, 2.75) is 19.4 Å². The van der Waals surface area contributed by atoms with Crippen LogP contribution in [-0.2, 0) is 7.05 Å². The number of aromatic nitrogens is 2. The fourth-order valence-electron chi connectivity index (χ4n) is 1.82. The molecule has 0 aliphatic heterocycles. The minimum absolute atomic E-state index is 0.0341. The summed E-state index contributed by atoms with van der Waals surface area (Å²) < 4.78 is 8.35. The van der Waals surface area contributed by atoms with Gasteiger partial charge >= 0.3 is 0 Å². The molecule has 4 nitrogen and oxygen atoms in total. The SMILES string of the molecule is CCCNC(c1ccco1)c1c(Br)cnn1C. The quantitative estimate of drug-likeness (QED) is 0.923. The largest absolute Gasteiger partial charge is 0.467 e. The Morgan fingerprint density at radius 1 is 1.59 bits per heavy atom. The highest BCUT2D eigenvalue weighted by Gasteiger charge is 2.22. The third-order valence-corrected chi connectivity index (χ3v) is 3.25. The summed E-state index contributed by atoms with van der Waals surface area (Å²) in [5, 5.41) is 7.71. The van der Waals surface area contributed by atoms with E-state index >= 15 is 0 Å². The van der Waals surface area contributed by atoms with Crippen LogP contribution in [0.5, 0.6) is 0 Å². The first-order chi connectivity index (χ1) is 8.24. The molecule has 2 aromatic rings. The maximum Gasteiger partial charge on any atom is 0.126 e. The van der Waals surface area contributed by atoms with Crippen LogP contribution in [0.1, 0.15) is 30.8 Å². The Balaban J connectivity index is 2.33. The first-order valence-corrected chi connectivity index (χ1v) is 6.47. The van der Waals surface area contributed by atoms with Crippen LogP contribution in [0.2, 0.25) is 0 Å². The predicted octanol–water partition coefficient (Wildman–Crippen LogP) is 2.86. The number of nitrogens with zero attached hydrogens (tertiary/aromatic N) is 2. The zero-order chi connectivity index (χ0) is 12.3. The van der Waals surface area contributed by atoms with E-state index in [-0.39, 0.29) is 6.04 Å². The molecule has 0 saturated carbocycles. The van der Waals surface area contributed by atoms with Gasteiger partial charge in [-0.2, -0.15) is 5.10 Å². The molecule has 17 heavy (non-hydrogen) atoms. The van der Waals surface area contributed by atoms with Gasteiger partial charge in [-0.25, -0.2) is 0 Å². The number of furan rings is 1. The molecule has 0 aliphatic rings. The molecule has 1 atom stereocenters. The maximum absolute atomic E-state index is 5.50. The van der Waals surface area contributed by atoms with Gasteiger partial charge in [-0.3, -0.25) is 4.68 Å². The van der Waals surface area contributed by atoms with Crippen molar-refractivity contribution in [1.29, 1.82) is 0 Å². The molecule has 0 fully saturated rings. The Bertz CT molecular complexity index is 445. The van der Waals surface area contributed by atoms with E-state index in [0.29, 0.717) is 0 Å². The smallest absolute Gasteiger partial charge is 0.126 e. The highest BCUT2D eigenvalue weighted by atomic mass is 79.9. The lowest BCUT2D eigenvalue weighted by molar-refractivity contribution is 0.431. The van der Waals surface area contributed by atoms with Crippen molar-refractivity contribution in [2.75, 3.05) is 6.54 Å². The van der Waals surface area contributed by atoms with E-state index in [0.717, 1.165) is 28.9 Å². The summed E-state index contributed by atoms with van der Waals surface area (Å²) in [6.07, 6.45) is 4.58. The minimum Gasteiger partial charge on any atom is -0.467 e. The van der Waals surface area contributed by atoms with Crippen LogP contribution in [0.4, 0.5) is 0 Å². The summed E-state index contributed by atoms with van der Waals surface area (Å²) in [6, 6.07) is 3.92. The fourth-order valence-corrected chi connectivity index (χ4v) is 2.40. The van der Waals surface area contributed by atoms with Gasteiger partial charge in [0.25, 0.3) is 0 Å². The standard InChI is InChI=1S/C12H16BrN3O/c1-3-6-14-11(10-5-4-7-17-10)12-9(13)8-15-16(12)2/h4-5,7-8,11,14H,3,6H2,1-2H3. The molecule has 0 amide bonds. The second kappa shape index (κ2) is 5.51. The van der Waals surface area contributed by atoms with Gasteiger partial charge < -0.3 is 9.73 Å². The molecule has 2 rings (SSSR count). The highest BCUT2D eigenvalue weighted by molar-refractivity contribution is 9.10. The lowest BCUT2D eigenvalue weighted by Gasteiger charge is -2.17. The van der Waals surface area contributed by atoms with Crippen molar-refractivity contribution in [3.8, 4) is 0 Å². The number of aryl methyl sites for hydroxylation is 1. The second-order valence-corrected chi connectivity index (χ2v) is 4.76. The zero-order valence-corrected chi connectivity index (χ0v) is 11.6. The number of hydrogen-bond donors (Lipinski definition) is 1. The highest BCUT2D eigenvalue weighted by Crippen LogP contribution is 2.28. The van der Waals surface area contributed by atoms with Crippen LogP contribution in [0.25, 0.3) is 0 Å². The number of rotatable bonds is 5. The third-order valence-electron chi connectivity index (χ3n) is 2.64. The number of hydrogen-bond acceptors (Lipinski definition) is 3. The number of halogens is 1. The monoisotopic (exact) mass is 297 g/mol. The van der Waals surface area contributed by atoms with Crippen molar-refractivity contribution in [3.63, 3.8) is 0 Å². The average molecular weight is 298 g/mol. The minimum atomic E-state index is 0.0341. The van der Waals surface area contributed by atoms with Gasteiger partial charge in [-0.15, -0.1) is 0 Å².